The Hall–Kier alpha value is -2.29. The van der Waals surface area contributed by atoms with E-state index in [1.807, 2.05) is 13.8 Å². The van der Waals surface area contributed by atoms with Gasteiger partial charge in [0, 0.05) is 26.1 Å². The highest BCUT2D eigenvalue weighted by molar-refractivity contribution is 7.92. The summed E-state index contributed by atoms with van der Waals surface area (Å²) >= 11 is 12.2. The van der Waals surface area contributed by atoms with E-state index in [4.69, 9.17) is 23.2 Å². The van der Waals surface area contributed by atoms with Crippen LogP contribution in [-0.4, -0.2) is 50.5 Å². The third kappa shape index (κ3) is 7.89. The largest absolute Gasteiger partial charge is 0.355 e. The van der Waals surface area contributed by atoms with Gasteiger partial charge in [-0.05, 0) is 49.6 Å². The summed E-state index contributed by atoms with van der Waals surface area (Å²) < 4.78 is 25.9. The second-order valence-electron chi connectivity index (χ2n) is 7.86. The van der Waals surface area contributed by atoms with Gasteiger partial charge in [-0.2, -0.15) is 0 Å². The van der Waals surface area contributed by atoms with E-state index in [2.05, 4.69) is 5.32 Å². The normalized spacial score (nSPS) is 12.1. The molecule has 0 radical (unpaired) electrons. The van der Waals surface area contributed by atoms with Crippen LogP contribution < -0.4 is 9.62 Å². The van der Waals surface area contributed by atoms with Gasteiger partial charge in [0.25, 0.3) is 0 Å². The first-order valence-electron chi connectivity index (χ1n) is 11.1. The van der Waals surface area contributed by atoms with E-state index >= 15 is 0 Å². The Morgan fingerprint density at radius 1 is 1.03 bits per heavy atom. The molecule has 34 heavy (non-hydrogen) atoms. The number of likely N-dealkylation sites (N-methyl/N-ethyl adjacent to an activating group) is 1. The Kier molecular flexibility index (Phi) is 10.7. The van der Waals surface area contributed by atoms with Gasteiger partial charge in [-0.25, -0.2) is 8.42 Å². The second-order valence-corrected chi connectivity index (χ2v) is 10.6. The molecule has 10 heteroatoms. The predicted octanol–water partition coefficient (Wildman–Crippen LogP) is 4.48. The van der Waals surface area contributed by atoms with Crippen LogP contribution in [0.15, 0.2) is 48.5 Å². The van der Waals surface area contributed by atoms with Crippen molar-refractivity contribution in [2.24, 2.45) is 0 Å². The summed E-state index contributed by atoms with van der Waals surface area (Å²) in [6.45, 7) is 4.44. The van der Waals surface area contributed by atoms with E-state index in [0.29, 0.717) is 35.1 Å². The van der Waals surface area contributed by atoms with Crippen LogP contribution in [0.1, 0.15) is 38.7 Å². The number of anilines is 1. The van der Waals surface area contributed by atoms with E-state index < -0.39 is 16.1 Å². The molecule has 0 aliphatic rings. The summed E-state index contributed by atoms with van der Waals surface area (Å²) in [4.78, 5) is 27.5. The van der Waals surface area contributed by atoms with Crippen molar-refractivity contribution in [1.29, 1.82) is 0 Å². The van der Waals surface area contributed by atoms with Gasteiger partial charge in [0.15, 0.2) is 0 Å². The molecule has 2 amide bonds. The van der Waals surface area contributed by atoms with Crippen molar-refractivity contribution in [1.82, 2.24) is 10.2 Å². The lowest BCUT2D eigenvalue weighted by molar-refractivity contribution is -0.141. The van der Waals surface area contributed by atoms with Crippen molar-refractivity contribution < 1.29 is 18.0 Å². The van der Waals surface area contributed by atoms with Gasteiger partial charge in [0.05, 0.1) is 22.0 Å². The number of rotatable bonds is 12. The zero-order chi connectivity index (χ0) is 25.3. The Bertz CT molecular complexity index is 1080. The number of carbonyl (C=O) groups excluding carboxylic acids is 2. The quantitative estimate of drug-likeness (QED) is 0.440. The fourth-order valence-corrected chi connectivity index (χ4v) is 4.93. The van der Waals surface area contributed by atoms with Crippen molar-refractivity contribution in [3.8, 4) is 0 Å². The number of hydrogen-bond donors (Lipinski definition) is 1. The molecule has 0 aliphatic heterocycles. The van der Waals surface area contributed by atoms with E-state index in [9.17, 15) is 18.0 Å². The van der Waals surface area contributed by atoms with Gasteiger partial charge in [-0.15, -0.1) is 0 Å². The Morgan fingerprint density at radius 2 is 1.71 bits per heavy atom. The zero-order valence-corrected chi connectivity index (χ0v) is 22.0. The molecular formula is C24H31Cl2N3O4S. The van der Waals surface area contributed by atoms with Crippen LogP contribution in [0.5, 0.6) is 0 Å². The third-order valence-corrected chi connectivity index (χ3v) is 7.20. The summed E-state index contributed by atoms with van der Waals surface area (Å²) in [5, 5.41) is 3.55. The van der Waals surface area contributed by atoms with Gasteiger partial charge in [0.1, 0.15) is 6.04 Å². The molecule has 2 aromatic carbocycles. The summed E-state index contributed by atoms with van der Waals surface area (Å²) in [5.41, 5.74) is 1.28. The van der Waals surface area contributed by atoms with Crippen molar-refractivity contribution in [3.63, 3.8) is 0 Å². The monoisotopic (exact) mass is 527 g/mol. The second kappa shape index (κ2) is 13.0. The molecule has 0 bridgehead atoms. The van der Waals surface area contributed by atoms with Gasteiger partial charge < -0.3 is 10.2 Å². The molecule has 0 aromatic heterocycles. The number of amides is 2. The number of sulfonamides is 1. The number of nitrogens with one attached hydrogen (secondary N) is 1. The van der Waals surface area contributed by atoms with Gasteiger partial charge in [-0.3, -0.25) is 13.9 Å². The number of nitrogens with zero attached hydrogens (tertiary/aromatic N) is 2. The fourth-order valence-electron chi connectivity index (χ4n) is 3.64. The topological polar surface area (TPSA) is 86.8 Å². The maximum atomic E-state index is 13.3. The minimum Gasteiger partial charge on any atom is -0.355 e. The summed E-state index contributed by atoms with van der Waals surface area (Å²) in [7, 11) is -3.52. The number of benzene rings is 2. The van der Waals surface area contributed by atoms with Crippen LogP contribution in [0.4, 0.5) is 5.69 Å². The molecule has 0 aliphatic carbocycles. The van der Waals surface area contributed by atoms with Crippen molar-refractivity contribution >= 4 is 50.7 Å². The summed E-state index contributed by atoms with van der Waals surface area (Å²) in [6.07, 6.45) is 1.94. The molecule has 0 fully saturated rings. The molecule has 7 nitrogen and oxygen atoms in total. The first-order valence-corrected chi connectivity index (χ1v) is 13.7. The first-order chi connectivity index (χ1) is 16.1. The average molecular weight is 529 g/mol. The molecule has 186 valence electrons. The molecule has 2 aromatic rings. The molecule has 0 unspecified atom stereocenters. The Balaban J connectivity index is 2.21. The molecule has 0 heterocycles. The maximum Gasteiger partial charge on any atom is 0.242 e. The van der Waals surface area contributed by atoms with E-state index in [-0.39, 0.29) is 31.3 Å². The molecule has 2 rings (SSSR count). The number of carbonyl (C=O) groups is 2. The SMILES string of the molecule is CCNC(=O)[C@@H](CC)N(Cc1ccc(Cl)c(Cl)c1)C(=O)CCCN(c1ccccc1)S(C)(=O)=O. The highest BCUT2D eigenvalue weighted by atomic mass is 35.5. The lowest BCUT2D eigenvalue weighted by Gasteiger charge is -2.31. The number of hydrogen-bond acceptors (Lipinski definition) is 4. The van der Waals surface area contributed by atoms with Crippen molar-refractivity contribution in [3.05, 3.63) is 64.1 Å². The molecule has 1 N–H and O–H groups in total. The number of para-hydroxylation sites is 1. The maximum absolute atomic E-state index is 13.3. The van der Waals surface area contributed by atoms with Crippen molar-refractivity contribution in [2.75, 3.05) is 23.7 Å². The third-order valence-electron chi connectivity index (χ3n) is 5.27. The highest BCUT2D eigenvalue weighted by Gasteiger charge is 2.28. The average Bonchev–Trinajstić information content (AvgIpc) is 2.78. The van der Waals surface area contributed by atoms with Crippen LogP contribution in [0.25, 0.3) is 0 Å². The van der Waals surface area contributed by atoms with Crippen LogP contribution in [-0.2, 0) is 26.2 Å². The van der Waals surface area contributed by atoms with Crippen LogP contribution in [0.3, 0.4) is 0 Å². The van der Waals surface area contributed by atoms with E-state index in [1.54, 1.807) is 48.5 Å². The summed E-state index contributed by atoms with van der Waals surface area (Å²) in [6, 6.07) is 13.2. The fraction of sp³-hybridized carbons (Fsp3) is 0.417. The predicted molar refractivity (Wildman–Crippen MR) is 138 cm³/mol. The Morgan fingerprint density at radius 3 is 2.26 bits per heavy atom. The minimum absolute atomic E-state index is 0.0794. The minimum atomic E-state index is -3.52. The molecule has 0 spiro atoms. The standard InChI is InChI=1S/C24H31Cl2N3O4S/c1-4-22(24(31)27-5-2)28(17-18-13-14-20(25)21(26)16-18)23(30)12-9-15-29(34(3,32)33)19-10-7-6-8-11-19/h6-8,10-11,13-14,16,22H,4-5,9,12,15,17H2,1-3H3,(H,27,31)/t22-/m1/s1. The Labute approximate surface area is 212 Å². The first kappa shape index (κ1) is 28.0. The van der Waals surface area contributed by atoms with E-state index in [0.717, 1.165) is 11.8 Å². The van der Waals surface area contributed by atoms with Crippen molar-refractivity contribution in [2.45, 2.75) is 45.7 Å². The van der Waals surface area contributed by atoms with E-state index in [1.165, 1.54) is 9.21 Å². The smallest absolute Gasteiger partial charge is 0.242 e. The molecular weight excluding hydrogens is 497 g/mol. The van der Waals surface area contributed by atoms with Crippen LogP contribution >= 0.6 is 23.2 Å². The molecule has 0 saturated carbocycles. The lowest BCUT2D eigenvalue weighted by atomic mass is 10.1. The molecule has 0 saturated heterocycles. The van der Waals surface area contributed by atoms with Gasteiger partial charge in [0.2, 0.25) is 21.8 Å². The van der Waals surface area contributed by atoms with Crippen LogP contribution in [0.2, 0.25) is 10.0 Å². The van der Waals surface area contributed by atoms with Gasteiger partial charge >= 0.3 is 0 Å². The lowest BCUT2D eigenvalue weighted by Crippen LogP contribution is -2.49. The molecule has 1 atom stereocenters. The summed E-state index contributed by atoms with van der Waals surface area (Å²) in [5.74, 6) is -0.480. The zero-order valence-electron chi connectivity index (χ0n) is 19.6. The highest BCUT2D eigenvalue weighted by Crippen LogP contribution is 2.24. The van der Waals surface area contributed by atoms with Gasteiger partial charge in [-0.1, -0.05) is 54.4 Å². The number of halogens is 2. The van der Waals surface area contributed by atoms with Crippen LogP contribution in [0, 0.1) is 0 Å².